The van der Waals surface area contributed by atoms with Gasteiger partial charge >= 0.3 is 0 Å². The summed E-state index contributed by atoms with van der Waals surface area (Å²) in [5, 5.41) is 5.33. The van der Waals surface area contributed by atoms with Crippen molar-refractivity contribution in [1.82, 2.24) is 14.8 Å². The van der Waals surface area contributed by atoms with Gasteiger partial charge in [-0.3, -0.25) is 9.78 Å². The normalized spacial score (nSPS) is 11.3. The molecule has 0 aliphatic rings. The lowest BCUT2D eigenvalue weighted by Gasteiger charge is -2.06. The Bertz CT molecular complexity index is 891. The van der Waals surface area contributed by atoms with Gasteiger partial charge in [0, 0.05) is 30.4 Å². The van der Waals surface area contributed by atoms with Gasteiger partial charge in [-0.1, -0.05) is 24.3 Å². The smallest absolute Gasteiger partial charge is 0.275 e. The fraction of sp³-hybridized carbons (Fsp3) is 0.188. The second kappa shape index (κ2) is 6.54. The van der Waals surface area contributed by atoms with Crippen molar-refractivity contribution < 1.29 is 9.79 Å². The third kappa shape index (κ3) is 3.45. The van der Waals surface area contributed by atoms with Crippen molar-refractivity contribution in [2.24, 2.45) is 7.05 Å². The molecule has 0 aliphatic carbocycles. The second-order valence-electron chi connectivity index (χ2n) is 5.27. The number of nitrogens with zero attached hydrogens (tertiary/aromatic N) is 3. The van der Waals surface area contributed by atoms with Crippen LogP contribution in [0.25, 0.3) is 22.0 Å². The van der Waals surface area contributed by atoms with Gasteiger partial charge in [-0.2, -0.15) is 5.10 Å². The van der Waals surface area contributed by atoms with Gasteiger partial charge < -0.3 is 9.79 Å². The predicted molar refractivity (Wildman–Crippen MR) is 90.1 cm³/mol. The van der Waals surface area contributed by atoms with Gasteiger partial charge in [0.2, 0.25) is 0 Å². The summed E-state index contributed by atoms with van der Waals surface area (Å²) in [6.07, 6.45) is 4.23. The second-order valence-corrected chi connectivity index (χ2v) is 6.46. The Labute approximate surface area is 134 Å². The van der Waals surface area contributed by atoms with Gasteiger partial charge in [-0.15, -0.1) is 0 Å². The highest BCUT2D eigenvalue weighted by Crippen LogP contribution is 2.25. The van der Waals surface area contributed by atoms with Crippen LogP contribution in [-0.2, 0) is 13.5 Å². The number of hydrogen-bond acceptors (Lipinski definition) is 5. The third-order valence-corrected chi connectivity index (χ3v) is 4.30. The van der Waals surface area contributed by atoms with E-state index in [2.05, 4.69) is 10.1 Å². The molecule has 0 saturated heterocycles. The van der Waals surface area contributed by atoms with Crippen LogP contribution in [0.4, 0.5) is 0 Å². The van der Waals surface area contributed by atoms with Crippen LogP contribution in [-0.4, -0.2) is 30.7 Å². The van der Waals surface area contributed by atoms with Crippen molar-refractivity contribution in [2.45, 2.75) is 6.42 Å². The first-order valence-corrected chi connectivity index (χ1v) is 8.54. The monoisotopic (exact) mass is 329 g/mol. The van der Waals surface area contributed by atoms with Crippen LogP contribution in [0.5, 0.6) is 0 Å². The molecule has 3 aromatic rings. The average molecular weight is 329 g/mol. The minimum Gasteiger partial charge on any atom is -0.350 e. The van der Waals surface area contributed by atoms with E-state index < -0.39 is 8.38 Å². The van der Waals surface area contributed by atoms with Crippen LogP contribution in [0.2, 0.25) is 0 Å². The number of aromatic nitrogens is 3. The summed E-state index contributed by atoms with van der Waals surface area (Å²) in [7, 11) is -0.242. The zero-order valence-corrected chi connectivity index (χ0v) is 13.4. The van der Waals surface area contributed by atoms with Gasteiger partial charge in [0.25, 0.3) is 5.56 Å². The molecule has 7 heteroatoms. The molecule has 2 heterocycles. The highest BCUT2D eigenvalue weighted by Gasteiger charge is 2.06. The lowest BCUT2D eigenvalue weighted by atomic mass is 10.1. The van der Waals surface area contributed by atoms with E-state index in [0.29, 0.717) is 18.0 Å². The van der Waals surface area contributed by atoms with E-state index in [9.17, 15) is 4.79 Å². The number of hydrogen-bond donors (Lipinski definition) is 2. The maximum absolute atomic E-state index is 12.0. The molecule has 0 aliphatic heterocycles. The molecule has 2 aromatic heterocycles. The minimum atomic E-state index is -1.85. The van der Waals surface area contributed by atoms with Crippen molar-refractivity contribution >= 4 is 19.1 Å². The minimum absolute atomic E-state index is 0.165. The van der Waals surface area contributed by atoms with Crippen molar-refractivity contribution in [3.8, 4) is 11.3 Å². The fourth-order valence-electron chi connectivity index (χ4n) is 2.36. The molecule has 0 spiro atoms. The third-order valence-electron chi connectivity index (χ3n) is 3.68. The first-order valence-electron chi connectivity index (χ1n) is 7.11. The van der Waals surface area contributed by atoms with E-state index >= 15 is 0 Å². The molecule has 0 saturated carbocycles. The molecule has 0 amide bonds. The Kier molecular flexibility index (Phi) is 4.48. The zero-order chi connectivity index (χ0) is 16.4. The topological polar surface area (TPSA) is 88.2 Å². The van der Waals surface area contributed by atoms with E-state index in [1.807, 2.05) is 30.3 Å². The quantitative estimate of drug-likeness (QED) is 0.713. The maximum atomic E-state index is 12.0. The van der Waals surface area contributed by atoms with E-state index in [-0.39, 0.29) is 5.56 Å². The standard InChI is InChI=1S/C16H16N3O3P/c1-19-16(20)14-10-17-15(8-13(14)9-18-19)12-4-2-11(3-5-12)6-7-23(21)22/h2-5,8-10,21-22H,6-7H2,1H3. The molecule has 6 nitrogen and oxygen atoms in total. The van der Waals surface area contributed by atoms with Crippen molar-refractivity contribution in [3.63, 3.8) is 0 Å². The first-order chi connectivity index (χ1) is 11.0. The van der Waals surface area contributed by atoms with Crippen molar-refractivity contribution in [3.05, 3.63) is 58.6 Å². The van der Waals surface area contributed by atoms with Crippen molar-refractivity contribution in [2.75, 3.05) is 6.16 Å². The van der Waals surface area contributed by atoms with Crippen LogP contribution >= 0.6 is 8.38 Å². The van der Waals surface area contributed by atoms with Gasteiger partial charge in [0.05, 0.1) is 17.3 Å². The fourth-order valence-corrected chi connectivity index (χ4v) is 2.82. The molecule has 0 radical (unpaired) electrons. The van der Waals surface area contributed by atoms with Crippen LogP contribution in [0.1, 0.15) is 5.56 Å². The molecular weight excluding hydrogens is 313 g/mol. The molecule has 2 N–H and O–H groups in total. The van der Waals surface area contributed by atoms with Gasteiger partial charge in [0.15, 0.2) is 8.38 Å². The largest absolute Gasteiger partial charge is 0.350 e. The van der Waals surface area contributed by atoms with E-state index in [1.54, 1.807) is 19.4 Å². The molecule has 1 aromatic carbocycles. The molecule has 3 rings (SSSR count). The number of fused-ring (bicyclic) bond motifs is 1. The summed E-state index contributed by atoms with van der Waals surface area (Å²) >= 11 is 0. The Balaban J connectivity index is 1.91. The van der Waals surface area contributed by atoms with E-state index in [0.717, 1.165) is 22.2 Å². The van der Waals surface area contributed by atoms with Gasteiger partial charge in [-0.25, -0.2) is 4.68 Å². The van der Waals surface area contributed by atoms with Crippen LogP contribution in [0.15, 0.2) is 47.5 Å². The Morgan fingerprint density at radius 2 is 1.91 bits per heavy atom. The molecule has 23 heavy (non-hydrogen) atoms. The first kappa shape index (κ1) is 15.7. The average Bonchev–Trinajstić information content (AvgIpc) is 2.56. The van der Waals surface area contributed by atoms with Crippen molar-refractivity contribution in [1.29, 1.82) is 0 Å². The van der Waals surface area contributed by atoms with Crippen LogP contribution < -0.4 is 5.56 Å². The summed E-state index contributed by atoms with van der Waals surface area (Å²) in [4.78, 5) is 34.3. The van der Waals surface area contributed by atoms with Crippen LogP contribution in [0, 0.1) is 0 Å². The lowest BCUT2D eigenvalue weighted by molar-refractivity contribution is 0.482. The maximum Gasteiger partial charge on any atom is 0.275 e. The van der Waals surface area contributed by atoms with Gasteiger partial charge in [-0.05, 0) is 18.1 Å². The number of benzene rings is 1. The number of pyridine rings is 1. The Morgan fingerprint density at radius 3 is 2.61 bits per heavy atom. The lowest BCUT2D eigenvalue weighted by Crippen LogP contribution is -2.19. The molecule has 0 unspecified atom stereocenters. The molecular formula is C16H16N3O3P. The highest BCUT2D eigenvalue weighted by atomic mass is 31.2. The number of aryl methyl sites for hydroxylation is 2. The van der Waals surface area contributed by atoms with E-state index in [4.69, 9.17) is 9.79 Å². The zero-order valence-electron chi connectivity index (χ0n) is 12.5. The number of rotatable bonds is 4. The molecule has 0 fully saturated rings. The SMILES string of the molecule is Cn1ncc2cc(-c3ccc(CCP(O)O)cc3)ncc2c1=O. The Morgan fingerprint density at radius 1 is 1.17 bits per heavy atom. The summed E-state index contributed by atoms with van der Waals surface area (Å²) in [6.45, 7) is 0. The summed E-state index contributed by atoms with van der Waals surface area (Å²) < 4.78 is 1.29. The highest BCUT2D eigenvalue weighted by molar-refractivity contribution is 7.45. The summed E-state index contributed by atoms with van der Waals surface area (Å²) in [5.41, 5.74) is 2.58. The van der Waals surface area contributed by atoms with Crippen LogP contribution in [0.3, 0.4) is 0 Å². The molecule has 118 valence electrons. The molecule has 0 atom stereocenters. The molecule has 0 bridgehead atoms. The Hall–Kier alpha value is -2.14. The predicted octanol–water partition coefficient (Wildman–Crippen LogP) is 1.83. The summed E-state index contributed by atoms with van der Waals surface area (Å²) in [5.74, 6) is 0. The van der Waals surface area contributed by atoms with Gasteiger partial charge in [0.1, 0.15) is 0 Å². The van der Waals surface area contributed by atoms with E-state index in [1.165, 1.54) is 4.68 Å². The summed E-state index contributed by atoms with van der Waals surface area (Å²) in [6, 6.07) is 9.62.